The largest absolute Gasteiger partial charge is 0.481 e. The van der Waals surface area contributed by atoms with Crippen molar-refractivity contribution in [1.82, 2.24) is 4.90 Å². The molecule has 26 heavy (non-hydrogen) atoms. The van der Waals surface area contributed by atoms with Gasteiger partial charge >= 0.3 is 5.97 Å². The van der Waals surface area contributed by atoms with Crippen molar-refractivity contribution in [2.45, 2.75) is 44.6 Å². The molecule has 0 bridgehead atoms. The summed E-state index contributed by atoms with van der Waals surface area (Å²) >= 11 is 5.88. The number of likely N-dealkylation sites (tertiary alicyclic amines) is 1. The Hall–Kier alpha value is -1.59. The van der Waals surface area contributed by atoms with Crippen LogP contribution >= 0.6 is 11.6 Å². The standard InChI is InChI=1S/C20H26ClNO4/c21-16-6-4-14(5-7-16)2-1-3-18(23)22-11-8-15(9-12-22)19-17(20(24)25)10-13-26-19/h4-7,15,17,19H,1-3,8-13H2,(H,24,25)/t17?,19-/m0/s1. The quantitative estimate of drug-likeness (QED) is 0.822. The number of carbonyl (C=O) groups excluding carboxylic acids is 1. The summed E-state index contributed by atoms with van der Waals surface area (Å²) < 4.78 is 5.69. The third-order valence-electron chi connectivity index (χ3n) is 5.58. The average Bonchev–Trinajstić information content (AvgIpc) is 3.13. The molecule has 1 unspecified atom stereocenters. The number of piperidine rings is 1. The monoisotopic (exact) mass is 379 g/mol. The maximum atomic E-state index is 12.4. The summed E-state index contributed by atoms with van der Waals surface area (Å²) in [5, 5.41) is 10.0. The number of carboxylic acid groups (broad SMARTS) is 1. The molecule has 0 saturated carbocycles. The minimum absolute atomic E-state index is 0.186. The minimum Gasteiger partial charge on any atom is -0.481 e. The highest BCUT2D eigenvalue weighted by Crippen LogP contribution is 2.33. The molecular formula is C20H26ClNO4. The zero-order valence-electron chi connectivity index (χ0n) is 14.9. The fraction of sp³-hybridized carbons (Fsp3) is 0.600. The zero-order chi connectivity index (χ0) is 18.5. The molecule has 6 heteroatoms. The molecule has 2 saturated heterocycles. The Bertz CT molecular complexity index is 625. The number of halogens is 1. The van der Waals surface area contributed by atoms with Gasteiger partial charge in [0.05, 0.1) is 12.0 Å². The Morgan fingerprint density at radius 2 is 1.85 bits per heavy atom. The highest BCUT2D eigenvalue weighted by atomic mass is 35.5. The van der Waals surface area contributed by atoms with Crippen LogP contribution in [-0.4, -0.2) is 47.7 Å². The summed E-state index contributed by atoms with van der Waals surface area (Å²) in [5.74, 6) is -0.703. The van der Waals surface area contributed by atoms with E-state index in [2.05, 4.69) is 0 Å². The van der Waals surface area contributed by atoms with Crippen molar-refractivity contribution in [2.24, 2.45) is 11.8 Å². The van der Waals surface area contributed by atoms with Crippen molar-refractivity contribution in [3.63, 3.8) is 0 Å². The smallest absolute Gasteiger partial charge is 0.309 e. The molecule has 3 rings (SSSR count). The van der Waals surface area contributed by atoms with Crippen LogP contribution < -0.4 is 0 Å². The van der Waals surface area contributed by atoms with Crippen molar-refractivity contribution < 1.29 is 19.4 Å². The predicted octanol–water partition coefficient (Wildman–Crippen LogP) is 3.39. The maximum Gasteiger partial charge on any atom is 0.309 e. The molecular weight excluding hydrogens is 354 g/mol. The first-order chi connectivity index (χ1) is 12.5. The number of hydrogen-bond acceptors (Lipinski definition) is 3. The lowest BCUT2D eigenvalue weighted by Gasteiger charge is -2.35. The van der Waals surface area contributed by atoms with Gasteiger partial charge < -0.3 is 14.7 Å². The molecule has 2 atom stereocenters. The van der Waals surface area contributed by atoms with E-state index >= 15 is 0 Å². The van der Waals surface area contributed by atoms with Crippen LogP contribution in [-0.2, 0) is 20.7 Å². The molecule has 0 spiro atoms. The number of hydrogen-bond donors (Lipinski definition) is 1. The van der Waals surface area contributed by atoms with Crippen molar-refractivity contribution in [1.29, 1.82) is 0 Å². The van der Waals surface area contributed by atoms with Gasteiger partial charge in [-0.05, 0) is 55.7 Å². The Morgan fingerprint density at radius 1 is 1.15 bits per heavy atom. The van der Waals surface area contributed by atoms with E-state index in [1.807, 2.05) is 29.2 Å². The molecule has 1 aromatic rings. The average molecular weight is 380 g/mol. The molecule has 2 aliphatic rings. The van der Waals surface area contributed by atoms with Gasteiger partial charge in [0.15, 0.2) is 0 Å². The van der Waals surface area contributed by atoms with Gasteiger partial charge in [0.2, 0.25) is 5.91 Å². The summed E-state index contributed by atoms with van der Waals surface area (Å²) in [7, 11) is 0. The normalized spacial score (nSPS) is 24.0. The lowest BCUT2D eigenvalue weighted by molar-refractivity contribution is -0.146. The fourth-order valence-corrected chi connectivity index (χ4v) is 4.20. The molecule has 0 radical (unpaired) electrons. The summed E-state index contributed by atoms with van der Waals surface area (Å²) in [4.78, 5) is 25.7. The van der Waals surface area contributed by atoms with E-state index in [1.54, 1.807) is 0 Å². The van der Waals surface area contributed by atoms with E-state index in [-0.39, 0.29) is 23.8 Å². The number of aliphatic carboxylic acids is 1. The molecule has 5 nitrogen and oxygen atoms in total. The highest BCUT2D eigenvalue weighted by Gasteiger charge is 2.40. The molecule has 0 aromatic heterocycles. The van der Waals surface area contributed by atoms with Gasteiger partial charge in [0.25, 0.3) is 0 Å². The van der Waals surface area contributed by atoms with E-state index in [4.69, 9.17) is 16.3 Å². The van der Waals surface area contributed by atoms with E-state index < -0.39 is 5.97 Å². The zero-order valence-corrected chi connectivity index (χ0v) is 15.7. The first-order valence-electron chi connectivity index (χ1n) is 9.41. The summed E-state index contributed by atoms with van der Waals surface area (Å²) in [6, 6.07) is 7.75. The van der Waals surface area contributed by atoms with Gasteiger partial charge in [-0.25, -0.2) is 0 Å². The topological polar surface area (TPSA) is 66.8 Å². The number of aryl methyl sites for hydroxylation is 1. The number of amides is 1. The second-order valence-electron chi connectivity index (χ2n) is 7.27. The van der Waals surface area contributed by atoms with Crippen LogP contribution in [0.2, 0.25) is 5.02 Å². The summed E-state index contributed by atoms with van der Waals surface area (Å²) in [6.07, 6.45) is 4.32. The molecule has 1 amide bonds. The van der Waals surface area contributed by atoms with Crippen LogP contribution in [0, 0.1) is 11.8 Å². The third-order valence-corrected chi connectivity index (χ3v) is 5.83. The maximum absolute atomic E-state index is 12.4. The molecule has 1 aromatic carbocycles. The van der Waals surface area contributed by atoms with Crippen molar-refractivity contribution in [3.05, 3.63) is 34.9 Å². The van der Waals surface area contributed by atoms with Gasteiger partial charge in [-0.1, -0.05) is 23.7 Å². The molecule has 1 N–H and O–H groups in total. The lowest BCUT2D eigenvalue weighted by Crippen LogP contribution is -2.43. The van der Waals surface area contributed by atoms with Crippen LogP contribution in [0.4, 0.5) is 0 Å². The number of rotatable bonds is 6. The van der Waals surface area contributed by atoms with Gasteiger partial charge in [0, 0.05) is 31.1 Å². The lowest BCUT2D eigenvalue weighted by atomic mass is 9.84. The van der Waals surface area contributed by atoms with Crippen LogP contribution in [0.25, 0.3) is 0 Å². The number of nitrogens with zero attached hydrogens (tertiary/aromatic N) is 1. The van der Waals surface area contributed by atoms with Gasteiger partial charge in [-0.2, -0.15) is 0 Å². The van der Waals surface area contributed by atoms with Crippen LogP contribution in [0.3, 0.4) is 0 Å². The van der Waals surface area contributed by atoms with E-state index in [1.165, 1.54) is 5.56 Å². The second-order valence-corrected chi connectivity index (χ2v) is 7.70. The molecule has 2 aliphatic heterocycles. The highest BCUT2D eigenvalue weighted by molar-refractivity contribution is 6.30. The van der Waals surface area contributed by atoms with Gasteiger partial charge in [-0.15, -0.1) is 0 Å². The predicted molar refractivity (Wildman–Crippen MR) is 99.2 cm³/mol. The Balaban J connectivity index is 1.40. The first-order valence-corrected chi connectivity index (χ1v) is 9.79. The number of benzene rings is 1. The second kappa shape index (κ2) is 8.87. The third kappa shape index (κ3) is 4.77. The Kier molecular flexibility index (Phi) is 6.54. The Morgan fingerprint density at radius 3 is 2.50 bits per heavy atom. The molecule has 0 aliphatic carbocycles. The first kappa shape index (κ1) is 19.2. The Labute approximate surface area is 159 Å². The van der Waals surface area contributed by atoms with E-state index in [0.29, 0.717) is 32.5 Å². The molecule has 2 fully saturated rings. The number of ether oxygens (including phenoxy) is 1. The minimum atomic E-state index is -0.756. The number of carbonyl (C=O) groups is 2. The van der Waals surface area contributed by atoms with Crippen LogP contribution in [0.5, 0.6) is 0 Å². The van der Waals surface area contributed by atoms with Gasteiger partial charge in [-0.3, -0.25) is 9.59 Å². The van der Waals surface area contributed by atoms with Crippen LogP contribution in [0.15, 0.2) is 24.3 Å². The van der Waals surface area contributed by atoms with Crippen molar-refractivity contribution >= 4 is 23.5 Å². The SMILES string of the molecule is O=C(O)C1CCO[C@H]1C1CCN(C(=O)CCCc2ccc(Cl)cc2)CC1. The van der Waals surface area contributed by atoms with E-state index in [9.17, 15) is 14.7 Å². The summed E-state index contributed by atoms with van der Waals surface area (Å²) in [5.41, 5.74) is 1.19. The number of carboxylic acids is 1. The molecule has 2 heterocycles. The summed E-state index contributed by atoms with van der Waals surface area (Å²) in [6.45, 7) is 1.94. The van der Waals surface area contributed by atoms with Crippen molar-refractivity contribution in [3.8, 4) is 0 Å². The van der Waals surface area contributed by atoms with E-state index in [0.717, 1.165) is 30.7 Å². The molecule has 142 valence electrons. The fourth-order valence-electron chi connectivity index (χ4n) is 4.07. The van der Waals surface area contributed by atoms with Crippen LogP contribution in [0.1, 0.15) is 37.7 Å². The van der Waals surface area contributed by atoms with Crippen molar-refractivity contribution in [2.75, 3.05) is 19.7 Å². The van der Waals surface area contributed by atoms with Gasteiger partial charge in [0.1, 0.15) is 0 Å².